The SMILES string of the molecule is CC(NC(=O)[C@@H]1CC[C@H](C(=O)O)O1)c1ccsc1. The molecular formula is C12H15NO4S. The lowest BCUT2D eigenvalue weighted by Gasteiger charge is -2.16. The molecule has 1 aliphatic rings. The van der Waals surface area contributed by atoms with Gasteiger partial charge in [0.05, 0.1) is 6.04 Å². The molecule has 1 aliphatic heterocycles. The summed E-state index contributed by atoms with van der Waals surface area (Å²) in [5.41, 5.74) is 1.04. The smallest absolute Gasteiger partial charge is 0.332 e. The van der Waals surface area contributed by atoms with E-state index in [1.165, 1.54) is 0 Å². The number of nitrogens with one attached hydrogen (secondary N) is 1. The minimum atomic E-state index is -1.00. The molecule has 98 valence electrons. The molecule has 0 radical (unpaired) electrons. The van der Waals surface area contributed by atoms with E-state index in [1.807, 2.05) is 23.8 Å². The van der Waals surface area contributed by atoms with Crippen molar-refractivity contribution in [3.63, 3.8) is 0 Å². The van der Waals surface area contributed by atoms with Gasteiger partial charge >= 0.3 is 5.97 Å². The van der Waals surface area contributed by atoms with Crippen molar-refractivity contribution in [1.29, 1.82) is 0 Å². The van der Waals surface area contributed by atoms with Crippen LogP contribution in [0.4, 0.5) is 0 Å². The van der Waals surface area contributed by atoms with Gasteiger partial charge in [0.2, 0.25) is 5.91 Å². The van der Waals surface area contributed by atoms with Crippen LogP contribution in [0.2, 0.25) is 0 Å². The van der Waals surface area contributed by atoms with Gasteiger partial charge in [0, 0.05) is 0 Å². The van der Waals surface area contributed by atoms with E-state index in [9.17, 15) is 9.59 Å². The van der Waals surface area contributed by atoms with E-state index in [2.05, 4.69) is 5.32 Å². The summed E-state index contributed by atoms with van der Waals surface area (Å²) >= 11 is 1.57. The molecule has 0 spiro atoms. The number of carboxylic acids is 1. The van der Waals surface area contributed by atoms with Crippen molar-refractivity contribution >= 4 is 23.2 Å². The topological polar surface area (TPSA) is 75.6 Å². The molecule has 0 aromatic carbocycles. The van der Waals surface area contributed by atoms with Gasteiger partial charge in [-0.05, 0) is 42.2 Å². The molecule has 1 aromatic heterocycles. The Balaban J connectivity index is 1.87. The highest BCUT2D eigenvalue weighted by Gasteiger charge is 2.35. The summed E-state index contributed by atoms with van der Waals surface area (Å²) in [5.74, 6) is -1.24. The van der Waals surface area contributed by atoms with E-state index in [0.29, 0.717) is 12.8 Å². The minimum Gasteiger partial charge on any atom is -0.479 e. The number of carboxylic acid groups (broad SMARTS) is 1. The molecule has 2 N–H and O–H groups in total. The largest absolute Gasteiger partial charge is 0.479 e. The first-order valence-corrected chi connectivity index (χ1v) is 6.73. The fraction of sp³-hybridized carbons (Fsp3) is 0.500. The Morgan fingerprint density at radius 3 is 2.78 bits per heavy atom. The summed E-state index contributed by atoms with van der Waals surface area (Å²) < 4.78 is 5.19. The first-order valence-electron chi connectivity index (χ1n) is 5.78. The number of carbonyl (C=O) groups is 2. The van der Waals surface area contributed by atoms with Gasteiger partial charge < -0.3 is 15.2 Å². The van der Waals surface area contributed by atoms with Gasteiger partial charge in [-0.1, -0.05) is 0 Å². The van der Waals surface area contributed by atoms with Gasteiger partial charge in [-0.3, -0.25) is 4.79 Å². The second-order valence-electron chi connectivity index (χ2n) is 4.32. The monoisotopic (exact) mass is 269 g/mol. The fourth-order valence-electron chi connectivity index (χ4n) is 1.92. The maximum Gasteiger partial charge on any atom is 0.332 e. The second kappa shape index (κ2) is 5.49. The summed E-state index contributed by atoms with van der Waals surface area (Å²) in [6.07, 6.45) is -0.649. The van der Waals surface area contributed by atoms with Crippen LogP contribution in [-0.2, 0) is 14.3 Å². The van der Waals surface area contributed by atoms with E-state index in [4.69, 9.17) is 9.84 Å². The van der Waals surface area contributed by atoms with Gasteiger partial charge in [0.1, 0.15) is 6.10 Å². The van der Waals surface area contributed by atoms with Crippen LogP contribution in [0.25, 0.3) is 0 Å². The van der Waals surface area contributed by atoms with Crippen molar-refractivity contribution in [3.05, 3.63) is 22.4 Å². The highest BCUT2D eigenvalue weighted by molar-refractivity contribution is 7.07. The summed E-state index contributed by atoms with van der Waals surface area (Å²) in [5, 5.41) is 15.5. The predicted octanol–water partition coefficient (Wildman–Crippen LogP) is 1.56. The molecule has 1 amide bonds. The number of rotatable bonds is 4. The molecule has 0 saturated carbocycles. The van der Waals surface area contributed by atoms with Crippen molar-refractivity contribution in [2.24, 2.45) is 0 Å². The summed E-state index contributed by atoms with van der Waals surface area (Å²) in [7, 11) is 0. The van der Waals surface area contributed by atoms with Crippen LogP contribution in [0.3, 0.4) is 0 Å². The fourth-order valence-corrected chi connectivity index (χ4v) is 2.68. The Bertz CT molecular complexity index is 431. The maximum absolute atomic E-state index is 11.9. The minimum absolute atomic E-state index is 0.0868. The van der Waals surface area contributed by atoms with Crippen molar-refractivity contribution in [2.45, 2.75) is 38.0 Å². The Labute approximate surface area is 109 Å². The summed E-state index contributed by atoms with van der Waals surface area (Å²) in [6.45, 7) is 1.89. The van der Waals surface area contributed by atoms with Crippen LogP contribution in [0, 0.1) is 0 Å². The highest BCUT2D eigenvalue weighted by atomic mass is 32.1. The quantitative estimate of drug-likeness (QED) is 0.869. The number of thiophene rings is 1. The molecule has 1 aromatic rings. The molecule has 0 aliphatic carbocycles. The Hall–Kier alpha value is -1.40. The first kappa shape index (κ1) is 13.0. The van der Waals surface area contributed by atoms with Crippen LogP contribution in [0.5, 0.6) is 0 Å². The summed E-state index contributed by atoms with van der Waals surface area (Å²) in [4.78, 5) is 22.6. The predicted molar refractivity (Wildman–Crippen MR) is 66.4 cm³/mol. The third-order valence-electron chi connectivity index (χ3n) is 2.99. The molecule has 18 heavy (non-hydrogen) atoms. The lowest BCUT2D eigenvalue weighted by molar-refractivity contribution is -0.151. The lowest BCUT2D eigenvalue weighted by Crippen LogP contribution is -2.36. The molecule has 2 rings (SSSR count). The van der Waals surface area contributed by atoms with Gasteiger partial charge in [0.15, 0.2) is 6.10 Å². The number of carbonyl (C=O) groups excluding carboxylic acids is 1. The third-order valence-corrected chi connectivity index (χ3v) is 3.69. The normalized spacial score (nSPS) is 24.7. The van der Waals surface area contributed by atoms with Crippen molar-refractivity contribution in [2.75, 3.05) is 0 Å². The van der Waals surface area contributed by atoms with Crippen molar-refractivity contribution in [3.8, 4) is 0 Å². The highest BCUT2D eigenvalue weighted by Crippen LogP contribution is 2.22. The van der Waals surface area contributed by atoms with Crippen LogP contribution in [-0.4, -0.2) is 29.2 Å². The number of hydrogen-bond donors (Lipinski definition) is 2. The number of hydrogen-bond acceptors (Lipinski definition) is 4. The van der Waals surface area contributed by atoms with E-state index in [1.54, 1.807) is 11.3 Å². The van der Waals surface area contributed by atoms with E-state index >= 15 is 0 Å². The van der Waals surface area contributed by atoms with E-state index in [0.717, 1.165) is 5.56 Å². The Morgan fingerprint density at radius 2 is 2.22 bits per heavy atom. The zero-order valence-corrected chi connectivity index (χ0v) is 10.8. The second-order valence-corrected chi connectivity index (χ2v) is 5.10. The van der Waals surface area contributed by atoms with Gasteiger partial charge in [-0.2, -0.15) is 11.3 Å². The van der Waals surface area contributed by atoms with Crippen molar-refractivity contribution in [1.82, 2.24) is 5.32 Å². The molecule has 3 atom stereocenters. The zero-order valence-electron chi connectivity index (χ0n) is 9.96. The van der Waals surface area contributed by atoms with E-state index < -0.39 is 18.2 Å². The van der Waals surface area contributed by atoms with Crippen molar-refractivity contribution < 1.29 is 19.4 Å². The first-order chi connectivity index (χ1) is 8.58. The molecule has 5 nitrogen and oxygen atoms in total. The van der Waals surface area contributed by atoms with Gasteiger partial charge in [-0.15, -0.1) is 0 Å². The average molecular weight is 269 g/mol. The molecule has 2 heterocycles. The van der Waals surface area contributed by atoms with Crippen LogP contribution >= 0.6 is 11.3 Å². The van der Waals surface area contributed by atoms with Gasteiger partial charge in [-0.25, -0.2) is 4.79 Å². The molecule has 1 unspecified atom stereocenters. The number of aliphatic carboxylic acids is 1. The molecular weight excluding hydrogens is 254 g/mol. The average Bonchev–Trinajstić information content (AvgIpc) is 3.00. The molecule has 0 bridgehead atoms. The van der Waals surface area contributed by atoms with Crippen LogP contribution in [0.1, 0.15) is 31.4 Å². The molecule has 6 heteroatoms. The van der Waals surface area contributed by atoms with Crippen LogP contribution < -0.4 is 5.32 Å². The molecule has 1 saturated heterocycles. The Morgan fingerprint density at radius 1 is 1.50 bits per heavy atom. The third kappa shape index (κ3) is 2.88. The molecule has 1 fully saturated rings. The standard InChI is InChI=1S/C12H15NO4S/c1-7(8-4-5-18-6-8)13-11(14)9-2-3-10(17-9)12(15)16/h4-7,9-10H,2-3H2,1H3,(H,13,14)(H,15,16)/t7?,9-,10+/m0/s1. The number of ether oxygens (including phenoxy) is 1. The number of amides is 1. The summed E-state index contributed by atoms with van der Waals surface area (Å²) in [6, 6.07) is 1.86. The lowest BCUT2D eigenvalue weighted by atomic mass is 10.1. The van der Waals surface area contributed by atoms with E-state index in [-0.39, 0.29) is 11.9 Å². The van der Waals surface area contributed by atoms with Gasteiger partial charge in [0.25, 0.3) is 0 Å². The zero-order chi connectivity index (χ0) is 13.1. The Kier molecular flexibility index (Phi) is 3.98. The van der Waals surface area contributed by atoms with Crippen LogP contribution in [0.15, 0.2) is 16.8 Å². The maximum atomic E-state index is 11.9.